The minimum atomic E-state index is -0.247. The molecule has 0 aliphatic carbocycles. The first-order valence-electron chi connectivity index (χ1n) is 12.5. The fourth-order valence-corrected chi connectivity index (χ4v) is 3.38. The van der Waals surface area contributed by atoms with Gasteiger partial charge in [-0.05, 0) is 48.2 Å². The molecule has 0 amide bonds. The first-order chi connectivity index (χ1) is 16.9. The number of benzene rings is 2. The number of ketones is 2. The lowest BCUT2D eigenvalue weighted by Crippen LogP contribution is -2.20. The number of carbonyl (C=O) groups is 2. The average Bonchev–Trinajstić information content (AvgIpc) is 2.87. The summed E-state index contributed by atoms with van der Waals surface area (Å²) in [6, 6.07) is 15.6. The third kappa shape index (κ3) is 10.2. The van der Waals surface area contributed by atoms with Gasteiger partial charge in [0.1, 0.15) is 37.9 Å². The van der Waals surface area contributed by atoms with E-state index in [1.165, 1.54) is 0 Å². The van der Waals surface area contributed by atoms with Gasteiger partial charge in [0.25, 0.3) is 0 Å². The van der Waals surface area contributed by atoms with Crippen molar-refractivity contribution in [3.63, 3.8) is 0 Å². The van der Waals surface area contributed by atoms with Crippen LogP contribution in [0.1, 0.15) is 64.5 Å². The monoisotopic (exact) mass is 484 g/mol. The maximum absolute atomic E-state index is 11.9. The molecule has 192 valence electrons. The van der Waals surface area contributed by atoms with Crippen LogP contribution in [0.2, 0.25) is 0 Å². The van der Waals surface area contributed by atoms with E-state index in [-0.39, 0.29) is 43.4 Å². The second-order valence-corrected chi connectivity index (χ2v) is 9.14. The van der Waals surface area contributed by atoms with Crippen LogP contribution in [0.3, 0.4) is 0 Å². The summed E-state index contributed by atoms with van der Waals surface area (Å²) in [5.74, 6) is 1.16. The van der Waals surface area contributed by atoms with Crippen LogP contribution in [-0.2, 0) is 24.5 Å². The fourth-order valence-electron chi connectivity index (χ4n) is 3.38. The molecule has 0 aromatic heterocycles. The second-order valence-electron chi connectivity index (χ2n) is 9.14. The molecule has 6 heteroatoms. The summed E-state index contributed by atoms with van der Waals surface area (Å²) in [5, 5.41) is 0. The Morgan fingerprint density at radius 3 is 1.34 bits per heavy atom. The molecule has 0 radical (unpaired) electrons. The molecule has 0 heterocycles. The van der Waals surface area contributed by atoms with Crippen LogP contribution in [0, 0.1) is 0 Å². The summed E-state index contributed by atoms with van der Waals surface area (Å²) >= 11 is 0. The van der Waals surface area contributed by atoms with Gasteiger partial charge in [-0.25, -0.2) is 0 Å². The Morgan fingerprint density at radius 2 is 1.00 bits per heavy atom. The number of rotatable bonds is 18. The molecular formula is C29H40O6. The highest BCUT2D eigenvalue weighted by molar-refractivity contribution is 5.81. The van der Waals surface area contributed by atoms with E-state index in [1.807, 2.05) is 48.5 Å². The number of unbranched alkanes of at least 4 members (excludes halogenated alkanes) is 2. The Hall–Kier alpha value is -2.70. The van der Waals surface area contributed by atoms with Crippen LogP contribution in [0.4, 0.5) is 0 Å². The number of hydrogen-bond acceptors (Lipinski definition) is 6. The summed E-state index contributed by atoms with van der Waals surface area (Å²) in [4.78, 5) is 23.8. The predicted molar refractivity (Wildman–Crippen MR) is 137 cm³/mol. The Balaban J connectivity index is 1.84. The van der Waals surface area contributed by atoms with Crippen LogP contribution in [-0.4, -0.2) is 51.2 Å². The molecule has 0 atom stereocenters. The zero-order chi connectivity index (χ0) is 25.5. The zero-order valence-electron chi connectivity index (χ0n) is 21.6. The third-order valence-corrected chi connectivity index (χ3v) is 5.76. The van der Waals surface area contributed by atoms with Crippen molar-refractivity contribution >= 4 is 11.6 Å². The highest BCUT2D eigenvalue weighted by Gasteiger charge is 2.23. The fraction of sp³-hybridized carbons (Fsp3) is 0.517. The minimum absolute atomic E-state index is 0.00367. The molecule has 35 heavy (non-hydrogen) atoms. The normalized spacial score (nSPS) is 11.3. The SMILES string of the molecule is CCCCOCC(=O)COc1ccc(C(C)(C)c2ccc(OCC(=O)COCCCC)cc2)cc1. The van der Waals surface area contributed by atoms with Gasteiger partial charge in [-0.3, -0.25) is 9.59 Å². The van der Waals surface area contributed by atoms with Crippen LogP contribution in [0.15, 0.2) is 48.5 Å². The van der Waals surface area contributed by atoms with Crippen molar-refractivity contribution in [3.05, 3.63) is 59.7 Å². The van der Waals surface area contributed by atoms with E-state index < -0.39 is 0 Å². The largest absolute Gasteiger partial charge is 0.486 e. The van der Waals surface area contributed by atoms with Gasteiger partial charge in [-0.15, -0.1) is 0 Å². The number of hydrogen-bond donors (Lipinski definition) is 0. The Morgan fingerprint density at radius 1 is 0.629 bits per heavy atom. The summed E-state index contributed by atoms with van der Waals surface area (Å²) in [7, 11) is 0. The van der Waals surface area contributed by atoms with Gasteiger partial charge >= 0.3 is 0 Å². The Labute approximate surface area is 209 Å². The van der Waals surface area contributed by atoms with Crippen molar-refractivity contribution in [3.8, 4) is 11.5 Å². The molecular weight excluding hydrogens is 444 g/mol. The number of ether oxygens (including phenoxy) is 4. The summed E-state index contributed by atoms with van der Waals surface area (Å²) < 4.78 is 21.9. The van der Waals surface area contributed by atoms with Crippen LogP contribution < -0.4 is 9.47 Å². The van der Waals surface area contributed by atoms with E-state index in [9.17, 15) is 9.59 Å². The van der Waals surface area contributed by atoms with E-state index in [4.69, 9.17) is 18.9 Å². The Bertz CT molecular complexity index is 813. The molecule has 2 rings (SSSR count). The highest BCUT2D eigenvalue weighted by atomic mass is 16.5. The van der Waals surface area contributed by atoms with Gasteiger partial charge in [0.2, 0.25) is 0 Å². The van der Waals surface area contributed by atoms with E-state index in [0.29, 0.717) is 24.7 Å². The van der Waals surface area contributed by atoms with Crippen molar-refractivity contribution in [1.29, 1.82) is 0 Å². The van der Waals surface area contributed by atoms with Gasteiger partial charge in [-0.1, -0.05) is 64.8 Å². The van der Waals surface area contributed by atoms with Crippen LogP contribution in [0.25, 0.3) is 0 Å². The van der Waals surface area contributed by atoms with Gasteiger partial charge in [0.05, 0.1) is 0 Å². The lowest BCUT2D eigenvalue weighted by Gasteiger charge is -2.26. The van der Waals surface area contributed by atoms with Crippen molar-refractivity contribution in [2.75, 3.05) is 39.6 Å². The molecule has 0 unspecified atom stereocenters. The van der Waals surface area contributed by atoms with Gasteiger partial charge < -0.3 is 18.9 Å². The molecule has 0 aliphatic heterocycles. The average molecular weight is 485 g/mol. The molecule has 6 nitrogen and oxygen atoms in total. The first-order valence-corrected chi connectivity index (χ1v) is 12.5. The summed E-state index contributed by atoms with van der Waals surface area (Å²) in [6.45, 7) is 9.85. The summed E-state index contributed by atoms with van der Waals surface area (Å²) in [5.41, 5.74) is 1.99. The maximum Gasteiger partial charge on any atom is 0.195 e. The third-order valence-electron chi connectivity index (χ3n) is 5.76. The number of carbonyl (C=O) groups excluding carboxylic acids is 2. The zero-order valence-corrected chi connectivity index (χ0v) is 21.6. The lowest BCUT2D eigenvalue weighted by molar-refractivity contribution is -0.126. The Kier molecular flexibility index (Phi) is 12.5. The number of Topliss-reactive ketones (excluding diaryl/α,β-unsaturated/α-hetero) is 2. The molecule has 2 aromatic carbocycles. The van der Waals surface area contributed by atoms with Crippen molar-refractivity contribution in [2.24, 2.45) is 0 Å². The quantitative estimate of drug-likeness (QED) is 0.259. The smallest absolute Gasteiger partial charge is 0.195 e. The topological polar surface area (TPSA) is 71.1 Å². The maximum atomic E-state index is 11.9. The first kappa shape index (κ1) is 28.5. The van der Waals surface area contributed by atoms with Gasteiger partial charge in [-0.2, -0.15) is 0 Å². The van der Waals surface area contributed by atoms with Crippen molar-refractivity contribution < 1.29 is 28.5 Å². The van der Waals surface area contributed by atoms with E-state index in [2.05, 4.69) is 27.7 Å². The summed E-state index contributed by atoms with van der Waals surface area (Å²) in [6.07, 6.45) is 3.99. The lowest BCUT2D eigenvalue weighted by atomic mass is 9.78. The molecule has 0 saturated heterocycles. The molecule has 0 saturated carbocycles. The van der Waals surface area contributed by atoms with Crippen LogP contribution >= 0.6 is 0 Å². The molecule has 0 fully saturated rings. The molecule has 0 spiro atoms. The van der Waals surface area contributed by atoms with Gasteiger partial charge in [0.15, 0.2) is 11.6 Å². The standard InChI is InChI=1S/C29H40O6/c1-5-7-17-32-19-25(30)21-34-27-13-9-23(10-14-27)29(3,4)24-11-15-28(16-12-24)35-22-26(31)20-33-18-8-6-2/h9-16H,5-8,17-22H2,1-4H3. The molecule has 0 aliphatic rings. The highest BCUT2D eigenvalue weighted by Crippen LogP contribution is 2.33. The van der Waals surface area contributed by atoms with Crippen LogP contribution in [0.5, 0.6) is 11.5 Å². The minimum Gasteiger partial charge on any atom is -0.486 e. The van der Waals surface area contributed by atoms with Crippen molar-refractivity contribution in [1.82, 2.24) is 0 Å². The molecule has 0 bridgehead atoms. The van der Waals surface area contributed by atoms with Gasteiger partial charge in [0, 0.05) is 18.6 Å². The van der Waals surface area contributed by atoms with E-state index in [0.717, 1.165) is 36.8 Å². The molecule has 2 aromatic rings. The van der Waals surface area contributed by atoms with E-state index in [1.54, 1.807) is 0 Å². The predicted octanol–water partition coefficient (Wildman–Crippen LogP) is 5.54. The van der Waals surface area contributed by atoms with E-state index >= 15 is 0 Å². The second kappa shape index (κ2) is 15.3. The van der Waals surface area contributed by atoms with Crippen molar-refractivity contribution in [2.45, 2.75) is 58.8 Å². The molecule has 0 N–H and O–H groups in total.